The van der Waals surface area contributed by atoms with Crippen LogP contribution in [0.1, 0.15) is 48.7 Å². The molecule has 1 aromatic heterocycles. The Bertz CT molecular complexity index is 1050. The number of halogens is 1. The van der Waals surface area contributed by atoms with E-state index in [0.717, 1.165) is 24.0 Å². The highest BCUT2D eigenvalue weighted by molar-refractivity contribution is 6.32. The molecule has 1 aromatic carbocycles. The first-order valence-electron chi connectivity index (χ1n) is 9.50. The number of aromatic carboxylic acids is 1. The summed E-state index contributed by atoms with van der Waals surface area (Å²) in [6.07, 6.45) is 3.06. The molecule has 0 aliphatic carbocycles. The third-order valence-corrected chi connectivity index (χ3v) is 5.89. The van der Waals surface area contributed by atoms with Crippen molar-refractivity contribution in [3.8, 4) is 17.0 Å². The summed E-state index contributed by atoms with van der Waals surface area (Å²) >= 11 is 6.47. The maximum absolute atomic E-state index is 12.4. The van der Waals surface area contributed by atoms with Crippen molar-refractivity contribution in [3.63, 3.8) is 0 Å². The second kappa shape index (κ2) is 7.07. The van der Waals surface area contributed by atoms with Gasteiger partial charge in [0.1, 0.15) is 11.3 Å². The number of benzene rings is 1. The van der Waals surface area contributed by atoms with E-state index in [1.54, 1.807) is 17.9 Å². The van der Waals surface area contributed by atoms with Crippen molar-refractivity contribution in [2.75, 3.05) is 25.3 Å². The predicted octanol–water partition coefficient (Wildman–Crippen LogP) is 3.46. The summed E-state index contributed by atoms with van der Waals surface area (Å²) < 4.78 is 12.7. The van der Waals surface area contributed by atoms with E-state index < -0.39 is 11.4 Å². The Morgan fingerprint density at radius 1 is 1.31 bits per heavy atom. The van der Waals surface area contributed by atoms with Crippen LogP contribution in [0.25, 0.3) is 11.3 Å². The first-order valence-corrected chi connectivity index (χ1v) is 9.87. The maximum Gasteiger partial charge on any atom is 0.341 e. The zero-order valence-corrected chi connectivity index (χ0v) is 17.3. The number of pyridine rings is 1. The Kier molecular flexibility index (Phi) is 4.83. The van der Waals surface area contributed by atoms with E-state index in [-0.39, 0.29) is 17.1 Å². The van der Waals surface area contributed by atoms with Gasteiger partial charge in [-0.1, -0.05) is 11.6 Å². The van der Waals surface area contributed by atoms with Crippen LogP contribution in [0.15, 0.2) is 29.2 Å². The Hall–Kier alpha value is -2.51. The number of hydrogen-bond acceptors (Lipinski definition) is 5. The first-order chi connectivity index (χ1) is 13.7. The van der Waals surface area contributed by atoms with E-state index in [0.29, 0.717) is 29.7 Å². The Morgan fingerprint density at radius 2 is 2.07 bits per heavy atom. The average Bonchev–Trinajstić information content (AvgIpc) is 2.64. The van der Waals surface area contributed by atoms with E-state index in [2.05, 4.69) is 18.9 Å². The highest BCUT2D eigenvalue weighted by Crippen LogP contribution is 2.52. The van der Waals surface area contributed by atoms with Gasteiger partial charge in [0, 0.05) is 38.0 Å². The third kappa shape index (κ3) is 3.18. The second-order valence-corrected chi connectivity index (χ2v) is 8.44. The van der Waals surface area contributed by atoms with Gasteiger partial charge in [-0.15, -0.1) is 0 Å². The van der Waals surface area contributed by atoms with Gasteiger partial charge >= 0.3 is 5.97 Å². The van der Waals surface area contributed by atoms with Crippen molar-refractivity contribution in [3.05, 3.63) is 50.8 Å². The van der Waals surface area contributed by atoms with Crippen molar-refractivity contribution >= 4 is 17.6 Å². The summed E-state index contributed by atoms with van der Waals surface area (Å²) in [5, 5.41) is 11.9. The van der Waals surface area contributed by atoms with Crippen LogP contribution in [0.3, 0.4) is 0 Å². The molecule has 1 unspecified atom stereocenters. The predicted molar refractivity (Wildman–Crippen MR) is 110 cm³/mol. The topological polar surface area (TPSA) is 81.0 Å². The zero-order chi connectivity index (χ0) is 20.9. The largest absolute Gasteiger partial charge is 0.492 e. The lowest BCUT2D eigenvalue weighted by atomic mass is 9.76. The van der Waals surface area contributed by atoms with Crippen molar-refractivity contribution in [2.45, 2.75) is 38.3 Å². The number of rotatable bonds is 6. The number of carboxylic acid groups (broad SMARTS) is 1. The SMILES string of the molecule is COCCCOc1cc2c(cc1Cl)-c1cc(=O)c(C(=O)O)cn1N1C2CC1(C)C. The Balaban J connectivity index is 1.82. The average molecular weight is 419 g/mol. The molecule has 2 aliphatic heterocycles. The van der Waals surface area contributed by atoms with E-state index in [1.165, 1.54) is 12.3 Å². The molecule has 0 amide bonds. The molecule has 1 saturated heterocycles. The van der Waals surface area contributed by atoms with Crippen LogP contribution in [0.5, 0.6) is 5.75 Å². The number of methoxy groups -OCH3 is 1. The molecule has 154 valence electrons. The van der Waals surface area contributed by atoms with Crippen LogP contribution in [-0.4, -0.2) is 41.6 Å². The van der Waals surface area contributed by atoms with E-state index in [4.69, 9.17) is 21.1 Å². The molecule has 0 radical (unpaired) electrons. The normalized spacial score (nSPS) is 18.3. The highest BCUT2D eigenvalue weighted by atomic mass is 35.5. The molecule has 7 nitrogen and oxygen atoms in total. The number of carbonyl (C=O) groups is 1. The van der Waals surface area contributed by atoms with Gasteiger partial charge in [-0.2, -0.15) is 0 Å². The molecule has 4 rings (SSSR count). The first kappa shape index (κ1) is 19.8. The number of hydrogen-bond donors (Lipinski definition) is 1. The number of ether oxygens (including phenoxy) is 2. The van der Waals surface area contributed by atoms with Crippen LogP contribution >= 0.6 is 11.6 Å². The van der Waals surface area contributed by atoms with Crippen molar-refractivity contribution in [2.24, 2.45) is 0 Å². The fourth-order valence-electron chi connectivity index (χ4n) is 4.27. The molecule has 3 heterocycles. The molecule has 2 aromatic rings. The lowest BCUT2D eigenvalue weighted by Gasteiger charge is -2.60. The van der Waals surface area contributed by atoms with Gasteiger partial charge < -0.3 is 14.6 Å². The van der Waals surface area contributed by atoms with Crippen molar-refractivity contribution in [1.29, 1.82) is 0 Å². The summed E-state index contributed by atoms with van der Waals surface area (Å²) in [5.74, 6) is -0.632. The summed E-state index contributed by atoms with van der Waals surface area (Å²) in [7, 11) is 1.65. The molecule has 29 heavy (non-hydrogen) atoms. The van der Waals surface area contributed by atoms with Crippen LogP contribution in [0, 0.1) is 0 Å². The molecule has 1 atom stereocenters. The lowest BCUT2D eigenvalue weighted by molar-refractivity contribution is 0.0693. The quantitative estimate of drug-likeness (QED) is 0.723. The Morgan fingerprint density at radius 3 is 2.72 bits per heavy atom. The van der Waals surface area contributed by atoms with Crippen molar-refractivity contribution in [1.82, 2.24) is 4.68 Å². The molecule has 8 heteroatoms. The van der Waals surface area contributed by atoms with Crippen LogP contribution in [0.2, 0.25) is 5.02 Å². The summed E-state index contributed by atoms with van der Waals surface area (Å²) in [6, 6.07) is 5.17. The molecule has 0 spiro atoms. The molecule has 2 aliphatic rings. The smallest absolute Gasteiger partial charge is 0.341 e. The molecule has 1 N–H and O–H groups in total. The van der Waals surface area contributed by atoms with E-state index >= 15 is 0 Å². The van der Waals surface area contributed by atoms with Gasteiger partial charge in [0.15, 0.2) is 5.43 Å². The standard InChI is InChI=1S/C21H23ClN2O5/c1-21(2)10-17-13-8-19(29-6-4-5-28-3)15(22)7-12(13)16-9-18(25)14(20(26)27)11-23(16)24(17)21/h7-9,11,17H,4-6,10H2,1-3H3,(H,26,27). The highest BCUT2D eigenvalue weighted by Gasteiger charge is 2.50. The zero-order valence-electron chi connectivity index (χ0n) is 16.6. The fraction of sp³-hybridized carbons (Fsp3) is 0.429. The summed E-state index contributed by atoms with van der Waals surface area (Å²) in [5.41, 5.74) is 1.53. The van der Waals surface area contributed by atoms with Gasteiger partial charge in [0.05, 0.1) is 28.9 Å². The van der Waals surface area contributed by atoms with Gasteiger partial charge in [-0.25, -0.2) is 4.79 Å². The van der Waals surface area contributed by atoms with Crippen LogP contribution in [0.4, 0.5) is 0 Å². The number of aromatic nitrogens is 1. The maximum atomic E-state index is 12.4. The number of fused-ring (bicyclic) bond motifs is 6. The van der Waals surface area contributed by atoms with E-state index in [1.807, 2.05) is 6.07 Å². The molecule has 1 fully saturated rings. The number of carboxylic acids is 1. The lowest BCUT2D eigenvalue weighted by Crippen LogP contribution is -2.65. The summed E-state index contributed by atoms with van der Waals surface area (Å²) in [6.45, 7) is 5.28. The minimum absolute atomic E-state index is 0.0511. The molecule has 0 bridgehead atoms. The second-order valence-electron chi connectivity index (χ2n) is 8.03. The monoisotopic (exact) mass is 418 g/mol. The van der Waals surface area contributed by atoms with Gasteiger partial charge in [0.25, 0.3) is 0 Å². The summed E-state index contributed by atoms with van der Waals surface area (Å²) in [4.78, 5) is 23.9. The Labute approximate surface area is 173 Å². The van der Waals surface area contributed by atoms with Gasteiger partial charge in [0.2, 0.25) is 0 Å². The fourth-order valence-corrected chi connectivity index (χ4v) is 4.49. The van der Waals surface area contributed by atoms with Crippen LogP contribution < -0.4 is 15.2 Å². The molecular weight excluding hydrogens is 396 g/mol. The minimum Gasteiger partial charge on any atom is -0.492 e. The van der Waals surface area contributed by atoms with Gasteiger partial charge in [-0.3, -0.25) is 14.5 Å². The van der Waals surface area contributed by atoms with Crippen LogP contribution in [-0.2, 0) is 4.74 Å². The molecule has 0 saturated carbocycles. The molecular formula is C21H23ClN2O5. The van der Waals surface area contributed by atoms with Crippen molar-refractivity contribution < 1.29 is 19.4 Å². The van der Waals surface area contributed by atoms with Gasteiger partial charge in [-0.05, 0) is 38.0 Å². The number of nitrogens with zero attached hydrogens (tertiary/aromatic N) is 2. The third-order valence-electron chi connectivity index (χ3n) is 5.59. The minimum atomic E-state index is -1.23. The van der Waals surface area contributed by atoms with E-state index in [9.17, 15) is 14.7 Å².